The molecule has 1 aromatic rings. The standard InChI is InChI=1S/C19H26FN3O4/c1-22(2)19(26)8-15-10-23-9-13(7-14(23)11-27-15)21-18(25)6-12-3-4-17(24)16(20)5-12/h3-5,13-15,24H,6-11H2,1-2H3,(H,21,25)/t13-,14-,15-/m0/s1. The smallest absolute Gasteiger partial charge is 0.224 e. The number of phenolic OH excluding ortho intramolecular Hbond substituents is 1. The van der Waals surface area contributed by atoms with Gasteiger partial charge in [0, 0.05) is 39.3 Å². The van der Waals surface area contributed by atoms with E-state index < -0.39 is 11.6 Å². The number of nitrogens with zero attached hydrogens (tertiary/aromatic N) is 2. The maximum atomic E-state index is 13.4. The number of carbonyl (C=O) groups excluding carboxylic acids is 2. The van der Waals surface area contributed by atoms with E-state index in [0.717, 1.165) is 13.0 Å². The van der Waals surface area contributed by atoms with Crippen LogP contribution < -0.4 is 5.32 Å². The number of ether oxygens (including phenoxy) is 1. The molecule has 2 saturated heterocycles. The Labute approximate surface area is 158 Å². The van der Waals surface area contributed by atoms with Crippen molar-refractivity contribution in [3.05, 3.63) is 29.6 Å². The molecule has 27 heavy (non-hydrogen) atoms. The minimum Gasteiger partial charge on any atom is -0.505 e. The third-order valence-electron chi connectivity index (χ3n) is 5.13. The van der Waals surface area contributed by atoms with Crippen LogP contribution in [-0.4, -0.2) is 78.7 Å². The predicted molar refractivity (Wildman–Crippen MR) is 96.7 cm³/mol. The van der Waals surface area contributed by atoms with Crippen LogP contribution >= 0.6 is 0 Å². The second kappa shape index (κ2) is 8.22. The van der Waals surface area contributed by atoms with Crippen LogP contribution in [0.25, 0.3) is 0 Å². The number of fused-ring (bicyclic) bond motifs is 1. The Morgan fingerprint density at radius 1 is 1.37 bits per heavy atom. The molecule has 0 radical (unpaired) electrons. The summed E-state index contributed by atoms with van der Waals surface area (Å²) in [5.74, 6) is -1.28. The van der Waals surface area contributed by atoms with E-state index in [4.69, 9.17) is 4.74 Å². The number of halogens is 1. The van der Waals surface area contributed by atoms with E-state index in [1.54, 1.807) is 19.0 Å². The van der Waals surface area contributed by atoms with Gasteiger partial charge in [-0.15, -0.1) is 0 Å². The van der Waals surface area contributed by atoms with Crippen molar-refractivity contribution in [1.82, 2.24) is 15.1 Å². The van der Waals surface area contributed by atoms with Crippen LogP contribution in [0.5, 0.6) is 5.75 Å². The minimum absolute atomic E-state index is 0.0105. The quantitative estimate of drug-likeness (QED) is 0.779. The van der Waals surface area contributed by atoms with E-state index in [0.29, 0.717) is 25.1 Å². The van der Waals surface area contributed by atoms with E-state index in [-0.39, 0.29) is 36.4 Å². The molecule has 2 N–H and O–H groups in total. The fourth-order valence-electron chi connectivity index (χ4n) is 3.67. The Kier molecular flexibility index (Phi) is 5.96. The number of carbonyl (C=O) groups is 2. The highest BCUT2D eigenvalue weighted by Crippen LogP contribution is 2.25. The van der Waals surface area contributed by atoms with Gasteiger partial charge < -0.3 is 20.1 Å². The van der Waals surface area contributed by atoms with E-state index in [1.807, 2.05) is 0 Å². The van der Waals surface area contributed by atoms with Gasteiger partial charge in [-0.05, 0) is 24.1 Å². The molecule has 0 unspecified atom stereocenters. The molecule has 8 heteroatoms. The molecule has 2 heterocycles. The first kappa shape index (κ1) is 19.6. The van der Waals surface area contributed by atoms with Crippen LogP contribution in [0.1, 0.15) is 18.4 Å². The maximum Gasteiger partial charge on any atom is 0.224 e. The fraction of sp³-hybridized carbons (Fsp3) is 0.579. The molecule has 3 atom stereocenters. The fourth-order valence-corrected chi connectivity index (χ4v) is 3.67. The van der Waals surface area contributed by atoms with Crippen LogP contribution in [0, 0.1) is 5.82 Å². The molecular weight excluding hydrogens is 353 g/mol. The number of phenols is 1. The lowest BCUT2D eigenvalue weighted by Gasteiger charge is -2.35. The molecule has 2 amide bonds. The number of morpholine rings is 1. The molecule has 2 aliphatic rings. The number of benzene rings is 1. The lowest BCUT2D eigenvalue weighted by Crippen LogP contribution is -2.47. The van der Waals surface area contributed by atoms with Gasteiger partial charge in [0.05, 0.1) is 25.6 Å². The SMILES string of the molecule is CN(C)C(=O)C[C@H]1CN2C[C@@H](NC(=O)Cc3ccc(O)c(F)c3)C[C@H]2CO1. The zero-order chi connectivity index (χ0) is 19.6. The van der Waals surface area contributed by atoms with Gasteiger partial charge in [-0.25, -0.2) is 4.39 Å². The van der Waals surface area contributed by atoms with Crippen LogP contribution in [-0.2, 0) is 20.7 Å². The van der Waals surface area contributed by atoms with Crippen LogP contribution in [0.4, 0.5) is 4.39 Å². The molecule has 7 nitrogen and oxygen atoms in total. The summed E-state index contributed by atoms with van der Waals surface area (Å²) in [6, 6.07) is 4.21. The number of nitrogens with one attached hydrogen (secondary N) is 1. The van der Waals surface area contributed by atoms with Crippen molar-refractivity contribution in [3.8, 4) is 5.75 Å². The predicted octanol–water partition coefficient (Wildman–Crippen LogP) is 0.510. The first-order valence-electron chi connectivity index (χ1n) is 9.14. The van der Waals surface area contributed by atoms with Crippen molar-refractivity contribution in [1.29, 1.82) is 0 Å². The molecular formula is C19H26FN3O4. The first-order chi connectivity index (χ1) is 12.8. The third-order valence-corrected chi connectivity index (χ3v) is 5.13. The van der Waals surface area contributed by atoms with Gasteiger partial charge in [0.2, 0.25) is 11.8 Å². The normalized spacial score (nSPS) is 25.1. The Morgan fingerprint density at radius 3 is 2.85 bits per heavy atom. The second-order valence-corrected chi connectivity index (χ2v) is 7.52. The average molecular weight is 379 g/mol. The van der Waals surface area contributed by atoms with Crippen molar-refractivity contribution in [2.75, 3.05) is 33.8 Å². The highest BCUT2D eigenvalue weighted by Gasteiger charge is 2.38. The highest BCUT2D eigenvalue weighted by molar-refractivity contribution is 5.79. The molecule has 1 aromatic carbocycles. The van der Waals surface area contributed by atoms with Gasteiger partial charge in [0.15, 0.2) is 11.6 Å². The largest absolute Gasteiger partial charge is 0.505 e. The summed E-state index contributed by atoms with van der Waals surface area (Å²) in [6.45, 7) is 1.96. The summed E-state index contributed by atoms with van der Waals surface area (Å²) in [7, 11) is 3.46. The third kappa shape index (κ3) is 4.95. The van der Waals surface area contributed by atoms with E-state index in [1.165, 1.54) is 18.2 Å². The van der Waals surface area contributed by atoms with Gasteiger partial charge in [0.25, 0.3) is 0 Å². The van der Waals surface area contributed by atoms with Crippen molar-refractivity contribution in [2.45, 2.75) is 37.5 Å². The summed E-state index contributed by atoms with van der Waals surface area (Å²) < 4.78 is 19.2. The number of hydrogen-bond acceptors (Lipinski definition) is 5. The molecule has 2 fully saturated rings. The Hall–Kier alpha value is -2.19. The van der Waals surface area contributed by atoms with Gasteiger partial charge >= 0.3 is 0 Å². The Morgan fingerprint density at radius 2 is 2.15 bits per heavy atom. The molecule has 0 saturated carbocycles. The Bertz CT molecular complexity index is 712. The summed E-state index contributed by atoms with van der Waals surface area (Å²) in [5.41, 5.74) is 0.518. The molecule has 2 aliphatic heterocycles. The lowest BCUT2D eigenvalue weighted by molar-refractivity contribution is -0.134. The van der Waals surface area contributed by atoms with Crippen molar-refractivity contribution in [2.24, 2.45) is 0 Å². The summed E-state index contributed by atoms with van der Waals surface area (Å²) >= 11 is 0. The topological polar surface area (TPSA) is 82.1 Å². The average Bonchev–Trinajstić information content (AvgIpc) is 2.99. The molecule has 0 bridgehead atoms. The van der Waals surface area contributed by atoms with Gasteiger partial charge in [-0.1, -0.05) is 6.07 Å². The van der Waals surface area contributed by atoms with E-state index in [9.17, 15) is 19.1 Å². The molecule has 0 aliphatic carbocycles. The number of amides is 2. The van der Waals surface area contributed by atoms with Gasteiger partial charge in [-0.3, -0.25) is 14.5 Å². The second-order valence-electron chi connectivity index (χ2n) is 7.52. The molecule has 148 valence electrons. The highest BCUT2D eigenvalue weighted by atomic mass is 19.1. The summed E-state index contributed by atoms with van der Waals surface area (Å²) in [4.78, 5) is 27.9. The van der Waals surface area contributed by atoms with Crippen molar-refractivity contribution >= 4 is 11.8 Å². The lowest BCUT2D eigenvalue weighted by atomic mass is 10.1. The Balaban J connectivity index is 1.48. The molecule has 0 aromatic heterocycles. The van der Waals surface area contributed by atoms with Crippen LogP contribution in [0.3, 0.4) is 0 Å². The monoisotopic (exact) mass is 379 g/mol. The zero-order valence-electron chi connectivity index (χ0n) is 15.7. The zero-order valence-corrected chi connectivity index (χ0v) is 15.7. The molecule has 3 rings (SSSR count). The first-order valence-corrected chi connectivity index (χ1v) is 9.14. The molecule has 0 spiro atoms. The summed E-state index contributed by atoms with van der Waals surface area (Å²) in [6.07, 6.45) is 1.10. The van der Waals surface area contributed by atoms with Crippen LogP contribution in [0.15, 0.2) is 18.2 Å². The van der Waals surface area contributed by atoms with E-state index in [2.05, 4.69) is 10.2 Å². The van der Waals surface area contributed by atoms with Crippen LogP contribution in [0.2, 0.25) is 0 Å². The minimum atomic E-state index is -0.728. The van der Waals surface area contributed by atoms with E-state index >= 15 is 0 Å². The van der Waals surface area contributed by atoms with Gasteiger partial charge in [0.1, 0.15) is 0 Å². The number of hydrogen-bond donors (Lipinski definition) is 2. The maximum absolute atomic E-state index is 13.4. The van der Waals surface area contributed by atoms with Crippen molar-refractivity contribution < 1.29 is 23.8 Å². The summed E-state index contributed by atoms with van der Waals surface area (Å²) in [5, 5.41) is 12.2. The number of aromatic hydroxyl groups is 1. The van der Waals surface area contributed by atoms with Crippen molar-refractivity contribution in [3.63, 3.8) is 0 Å². The van der Waals surface area contributed by atoms with Gasteiger partial charge in [-0.2, -0.15) is 0 Å². The number of rotatable bonds is 5.